The Morgan fingerprint density at radius 1 is 0.944 bits per heavy atom. The van der Waals surface area contributed by atoms with Gasteiger partial charge in [0.25, 0.3) is 0 Å². The Morgan fingerprint density at radius 2 is 1.72 bits per heavy atom. The third-order valence-electron chi connectivity index (χ3n) is 2.78. The lowest BCUT2D eigenvalue weighted by molar-refractivity contribution is 0.398. The summed E-state index contributed by atoms with van der Waals surface area (Å²) >= 11 is 0. The van der Waals surface area contributed by atoms with Gasteiger partial charge in [0.05, 0.1) is 0 Å². The quantitative estimate of drug-likeness (QED) is 0.415. The smallest absolute Gasteiger partial charge is 0.224 e. The summed E-state index contributed by atoms with van der Waals surface area (Å²) in [5.74, 6) is -1.29. The van der Waals surface area contributed by atoms with E-state index in [1.165, 1.54) is 18.2 Å². The molecule has 1 aliphatic carbocycles. The van der Waals surface area contributed by atoms with E-state index in [1.54, 1.807) is 12.1 Å². The lowest BCUT2D eigenvalue weighted by atomic mass is 10.1. The lowest BCUT2D eigenvalue weighted by Crippen LogP contribution is -2.00. The molecule has 0 spiro atoms. The summed E-state index contributed by atoms with van der Waals surface area (Å²) in [6, 6.07) is 7.30. The van der Waals surface area contributed by atoms with Gasteiger partial charge in [0.2, 0.25) is 16.9 Å². The highest BCUT2D eigenvalue weighted by molar-refractivity contribution is 5.89. The first-order valence-corrected chi connectivity index (χ1v) is 5.18. The van der Waals surface area contributed by atoms with Gasteiger partial charge in [0, 0.05) is 10.9 Å². The first-order chi connectivity index (χ1) is 8.58. The molecule has 0 unspecified atom stereocenters. The maximum Gasteiger partial charge on any atom is 0.224 e. The first kappa shape index (κ1) is 10.5. The molecule has 5 nitrogen and oxygen atoms in total. The SMILES string of the molecule is O=c1ccc2cc3ccc(O)c(O)c3oc-2c1O. The maximum atomic E-state index is 11.3. The molecule has 3 rings (SSSR count). The van der Waals surface area contributed by atoms with Crippen LogP contribution in [0.25, 0.3) is 22.3 Å². The number of phenolic OH excluding ortho intramolecular Hbond substituents is 3. The van der Waals surface area contributed by atoms with Gasteiger partial charge in [0.1, 0.15) is 0 Å². The monoisotopic (exact) mass is 244 g/mol. The molecule has 3 N–H and O–H groups in total. The van der Waals surface area contributed by atoms with Crippen LogP contribution in [0.3, 0.4) is 0 Å². The molecular weight excluding hydrogens is 236 g/mol. The summed E-state index contributed by atoms with van der Waals surface area (Å²) in [7, 11) is 0. The van der Waals surface area contributed by atoms with Gasteiger partial charge in [-0.1, -0.05) is 0 Å². The van der Waals surface area contributed by atoms with Crippen LogP contribution in [0, 0.1) is 0 Å². The topological polar surface area (TPSA) is 90.9 Å². The highest BCUT2D eigenvalue weighted by Gasteiger charge is 2.17. The number of hydrogen-bond acceptors (Lipinski definition) is 5. The van der Waals surface area contributed by atoms with Crippen molar-refractivity contribution in [3.8, 4) is 28.6 Å². The van der Waals surface area contributed by atoms with Crippen molar-refractivity contribution < 1.29 is 19.7 Å². The molecule has 1 heterocycles. The second-order valence-electron chi connectivity index (χ2n) is 3.93. The van der Waals surface area contributed by atoms with Gasteiger partial charge in [-0.15, -0.1) is 0 Å². The predicted octanol–water partition coefficient (Wildman–Crippen LogP) is 2.01. The molecule has 1 aromatic carbocycles. The van der Waals surface area contributed by atoms with Crippen molar-refractivity contribution in [2.75, 3.05) is 0 Å². The van der Waals surface area contributed by atoms with Gasteiger partial charge in [0.15, 0.2) is 17.1 Å². The fourth-order valence-electron chi connectivity index (χ4n) is 1.86. The van der Waals surface area contributed by atoms with Crippen molar-refractivity contribution >= 4 is 11.0 Å². The largest absolute Gasteiger partial charge is 0.504 e. The van der Waals surface area contributed by atoms with Crippen molar-refractivity contribution in [3.05, 3.63) is 40.6 Å². The number of benzene rings is 2. The molecular formula is C13H8O5. The number of rotatable bonds is 0. The molecule has 5 heteroatoms. The third-order valence-corrected chi connectivity index (χ3v) is 2.78. The van der Waals surface area contributed by atoms with Gasteiger partial charge in [-0.05, 0) is 30.3 Å². The lowest BCUT2D eigenvalue weighted by Gasteiger charge is -2.09. The van der Waals surface area contributed by atoms with Crippen LogP contribution >= 0.6 is 0 Å². The van der Waals surface area contributed by atoms with Crippen molar-refractivity contribution in [2.45, 2.75) is 0 Å². The predicted molar refractivity (Wildman–Crippen MR) is 64.1 cm³/mol. The highest BCUT2D eigenvalue weighted by Crippen LogP contribution is 2.39. The Balaban J connectivity index is 2.54. The molecule has 18 heavy (non-hydrogen) atoms. The molecule has 0 saturated carbocycles. The normalized spacial score (nSPS) is 11.1. The summed E-state index contributed by atoms with van der Waals surface area (Å²) in [6.45, 7) is 0. The average molecular weight is 244 g/mol. The van der Waals surface area contributed by atoms with E-state index in [0.717, 1.165) is 0 Å². The molecule has 0 amide bonds. The average Bonchev–Trinajstić information content (AvgIpc) is 2.37. The molecule has 0 fully saturated rings. The minimum absolute atomic E-state index is 0.0170. The van der Waals surface area contributed by atoms with Gasteiger partial charge >= 0.3 is 0 Å². The Hall–Kier alpha value is -2.69. The van der Waals surface area contributed by atoms with Crippen molar-refractivity contribution in [2.24, 2.45) is 0 Å². The van der Waals surface area contributed by atoms with E-state index >= 15 is 0 Å². The minimum atomic E-state index is -0.565. The van der Waals surface area contributed by atoms with Crippen LogP contribution in [-0.2, 0) is 0 Å². The second kappa shape index (κ2) is 3.40. The minimum Gasteiger partial charge on any atom is -0.504 e. The Labute approximate surface area is 100 Å². The molecule has 0 bridgehead atoms. The number of aromatic hydroxyl groups is 3. The third kappa shape index (κ3) is 1.31. The van der Waals surface area contributed by atoms with Crippen LogP contribution in [0.15, 0.2) is 39.5 Å². The zero-order valence-corrected chi connectivity index (χ0v) is 9.04. The van der Waals surface area contributed by atoms with Gasteiger partial charge in [-0.2, -0.15) is 0 Å². The van der Waals surface area contributed by atoms with Crippen LogP contribution in [0.4, 0.5) is 0 Å². The van der Waals surface area contributed by atoms with Crippen LogP contribution < -0.4 is 5.43 Å². The van der Waals surface area contributed by atoms with Crippen molar-refractivity contribution in [1.82, 2.24) is 0 Å². The van der Waals surface area contributed by atoms with Crippen molar-refractivity contribution in [3.63, 3.8) is 0 Å². The van der Waals surface area contributed by atoms with Gasteiger partial charge in [-0.25, -0.2) is 0 Å². The van der Waals surface area contributed by atoms with E-state index in [-0.39, 0.29) is 17.1 Å². The van der Waals surface area contributed by atoms with Crippen LogP contribution in [0.5, 0.6) is 17.2 Å². The zero-order chi connectivity index (χ0) is 12.9. The van der Waals surface area contributed by atoms with E-state index in [4.69, 9.17) is 4.42 Å². The van der Waals surface area contributed by atoms with Crippen LogP contribution in [0.1, 0.15) is 0 Å². The molecule has 0 atom stereocenters. The molecule has 1 aromatic rings. The first-order valence-electron chi connectivity index (χ1n) is 5.18. The number of hydrogen-bond donors (Lipinski definition) is 3. The molecule has 2 aliphatic rings. The number of phenols is 3. The fourth-order valence-corrected chi connectivity index (χ4v) is 1.86. The number of fused-ring (bicyclic) bond motifs is 2. The zero-order valence-electron chi connectivity index (χ0n) is 9.04. The summed E-state index contributed by atoms with van der Waals surface area (Å²) < 4.78 is 5.31. The summed E-state index contributed by atoms with van der Waals surface area (Å²) in [5, 5.41) is 29.2. The van der Waals surface area contributed by atoms with E-state index in [2.05, 4.69) is 0 Å². The Kier molecular flexibility index (Phi) is 1.98. The van der Waals surface area contributed by atoms with E-state index in [1.807, 2.05) is 0 Å². The maximum absolute atomic E-state index is 11.3. The summed E-state index contributed by atoms with van der Waals surface area (Å²) in [5.41, 5.74) is -0.0154. The Bertz CT molecular complexity index is 787. The standard InChI is InChI=1S/C13H8O5/c14-8-3-1-6-5-7-2-4-9(15)11(17)13(7)18-12(6)10(8)16/h1-5,14,16-17H. The van der Waals surface area contributed by atoms with Crippen LogP contribution in [-0.4, -0.2) is 15.3 Å². The molecule has 90 valence electrons. The van der Waals surface area contributed by atoms with Gasteiger partial charge < -0.3 is 19.7 Å². The second-order valence-corrected chi connectivity index (χ2v) is 3.93. The molecule has 0 aromatic heterocycles. The van der Waals surface area contributed by atoms with Crippen LogP contribution in [0.2, 0.25) is 0 Å². The highest BCUT2D eigenvalue weighted by atomic mass is 16.4. The summed E-state index contributed by atoms with van der Waals surface area (Å²) in [4.78, 5) is 11.3. The van der Waals surface area contributed by atoms with E-state index < -0.39 is 16.9 Å². The van der Waals surface area contributed by atoms with E-state index in [9.17, 15) is 20.1 Å². The fraction of sp³-hybridized carbons (Fsp3) is 0. The molecule has 0 radical (unpaired) electrons. The van der Waals surface area contributed by atoms with Gasteiger partial charge in [-0.3, -0.25) is 4.79 Å². The Morgan fingerprint density at radius 3 is 2.50 bits per heavy atom. The molecule has 0 saturated heterocycles. The van der Waals surface area contributed by atoms with Crippen molar-refractivity contribution in [1.29, 1.82) is 0 Å². The summed E-state index contributed by atoms with van der Waals surface area (Å²) in [6.07, 6.45) is 0. The molecule has 1 aliphatic heterocycles. The van der Waals surface area contributed by atoms with E-state index in [0.29, 0.717) is 10.9 Å².